The van der Waals surface area contributed by atoms with Crippen molar-refractivity contribution in [3.63, 3.8) is 0 Å². The van der Waals surface area contributed by atoms with Gasteiger partial charge in [-0.25, -0.2) is 9.59 Å². The highest BCUT2D eigenvalue weighted by Crippen LogP contribution is 2.12. The lowest BCUT2D eigenvalue weighted by atomic mass is 10.0. The van der Waals surface area contributed by atoms with Crippen molar-refractivity contribution in [2.24, 2.45) is 11.7 Å². The van der Waals surface area contributed by atoms with Crippen LogP contribution < -0.4 is 21.7 Å². The van der Waals surface area contributed by atoms with Gasteiger partial charge in [-0.1, -0.05) is 26.0 Å². The van der Waals surface area contributed by atoms with Gasteiger partial charge in [0.25, 0.3) is 0 Å². The van der Waals surface area contributed by atoms with Gasteiger partial charge in [0.15, 0.2) is 0 Å². The van der Waals surface area contributed by atoms with Crippen molar-refractivity contribution in [2.45, 2.75) is 65.8 Å². The number of nitrogens with one attached hydrogen (secondary N) is 3. The van der Waals surface area contributed by atoms with Gasteiger partial charge in [0.1, 0.15) is 24.3 Å². The average Bonchev–Trinajstić information content (AvgIpc) is 2.63. The minimum absolute atomic E-state index is 0.0251. The Morgan fingerprint density at radius 1 is 0.968 bits per heavy atom. The van der Waals surface area contributed by atoms with Crippen molar-refractivity contribution in [1.82, 2.24) is 10.6 Å². The molecule has 0 unspecified atom stereocenters. The molecule has 0 saturated heterocycles. The van der Waals surface area contributed by atoms with Crippen molar-refractivity contribution in [3.8, 4) is 0 Å². The summed E-state index contributed by atoms with van der Waals surface area (Å²) in [6.45, 7) is 10.3. The Kier molecular flexibility index (Phi) is 9.29. The molecule has 1 aromatic carbocycles. The summed E-state index contributed by atoms with van der Waals surface area (Å²) in [6, 6.07) is 4.88. The van der Waals surface area contributed by atoms with Crippen molar-refractivity contribution in [2.75, 3.05) is 5.32 Å². The average molecular weight is 437 g/mol. The van der Waals surface area contributed by atoms with Crippen LogP contribution in [-0.2, 0) is 25.7 Å². The number of hydrogen-bond donors (Lipinski definition) is 4. The molecule has 2 atom stereocenters. The molecule has 0 heterocycles. The SMILES string of the molecule is CC(C)[C@H](NC(=O)OC(C)(C)C)C(=O)N[C@@H](C)C(=O)Nc1ccc(COC(N)=O)cc1. The van der Waals surface area contributed by atoms with Gasteiger partial charge in [0, 0.05) is 5.69 Å². The first-order chi connectivity index (χ1) is 14.3. The Labute approximate surface area is 182 Å². The minimum atomic E-state index is -0.872. The number of primary amides is 1. The molecular weight excluding hydrogens is 404 g/mol. The van der Waals surface area contributed by atoms with E-state index in [1.165, 1.54) is 6.92 Å². The maximum absolute atomic E-state index is 12.6. The number of hydrogen-bond acceptors (Lipinski definition) is 6. The maximum Gasteiger partial charge on any atom is 0.408 e. The lowest BCUT2D eigenvalue weighted by Gasteiger charge is -2.26. The fourth-order valence-electron chi connectivity index (χ4n) is 2.43. The zero-order chi connectivity index (χ0) is 23.8. The van der Waals surface area contributed by atoms with Gasteiger partial charge in [-0.3, -0.25) is 9.59 Å². The molecule has 1 aromatic rings. The molecule has 0 saturated carbocycles. The molecule has 0 aromatic heterocycles. The summed E-state index contributed by atoms with van der Waals surface area (Å²) in [4.78, 5) is 47.7. The molecule has 5 N–H and O–H groups in total. The Bertz CT molecular complexity index is 786. The molecule has 0 aliphatic carbocycles. The number of nitrogens with two attached hydrogens (primary N) is 1. The zero-order valence-corrected chi connectivity index (χ0v) is 18.8. The highest BCUT2D eigenvalue weighted by atomic mass is 16.6. The first-order valence-electron chi connectivity index (χ1n) is 9.90. The van der Waals surface area contributed by atoms with Crippen molar-refractivity contribution < 1.29 is 28.7 Å². The predicted octanol–water partition coefficient (Wildman–Crippen LogP) is 2.27. The topological polar surface area (TPSA) is 149 Å². The third-order valence-corrected chi connectivity index (χ3v) is 3.98. The van der Waals surface area contributed by atoms with E-state index in [-0.39, 0.29) is 12.5 Å². The standard InChI is InChI=1S/C21H32N4O6/c1-12(2)16(25-20(29)31-21(4,5)6)18(27)23-13(3)17(26)24-15-9-7-14(8-10-15)11-30-19(22)28/h7-10,12-13,16H,11H2,1-6H3,(H2,22,28)(H,23,27)(H,24,26)(H,25,29)/t13-,16-/m0/s1. The maximum atomic E-state index is 12.6. The molecule has 0 spiro atoms. The van der Waals surface area contributed by atoms with Crippen molar-refractivity contribution in [3.05, 3.63) is 29.8 Å². The summed E-state index contributed by atoms with van der Waals surface area (Å²) >= 11 is 0. The van der Waals surface area contributed by atoms with Gasteiger partial charge in [0.05, 0.1) is 0 Å². The van der Waals surface area contributed by atoms with Gasteiger partial charge in [-0.15, -0.1) is 0 Å². The summed E-state index contributed by atoms with van der Waals surface area (Å²) < 4.78 is 9.89. The minimum Gasteiger partial charge on any atom is -0.445 e. The second-order valence-electron chi connectivity index (χ2n) is 8.39. The number of amides is 4. The van der Waals surface area contributed by atoms with Gasteiger partial charge >= 0.3 is 12.2 Å². The molecule has 0 fully saturated rings. The number of alkyl carbamates (subject to hydrolysis) is 1. The van der Waals surface area contributed by atoms with Crippen LogP contribution in [0.2, 0.25) is 0 Å². The fraction of sp³-hybridized carbons (Fsp3) is 0.524. The second kappa shape index (κ2) is 11.2. The van der Waals surface area contributed by atoms with E-state index >= 15 is 0 Å². The molecule has 0 aliphatic heterocycles. The van der Waals surface area contributed by atoms with E-state index in [0.29, 0.717) is 11.3 Å². The Morgan fingerprint density at radius 2 is 1.55 bits per heavy atom. The van der Waals surface area contributed by atoms with E-state index in [4.69, 9.17) is 15.2 Å². The van der Waals surface area contributed by atoms with Crippen LogP contribution in [0.3, 0.4) is 0 Å². The zero-order valence-electron chi connectivity index (χ0n) is 18.8. The number of rotatable bonds is 8. The summed E-state index contributed by atoms with van der Waals surface area (Å²) in [6.07, 6.45) is -1.58. The molecule has 0 radical (unpaired) electrons. The van der Waals surface area contributed by atoms with Gasteiger partial charge in [-0.05, 0) is 51.3 Å². The lowest BCUT2D eigenvalue weighted by Crippen LogP contribution is -2.54. The van der Waals surface area contributed by atoms with Crippen molar-refractivity contribution >= 4 is 29.7 Å². The largest absolute Gasteiger partial charge is 0.445 e. The van der Waals surface area contributed by atoms with Crippen LogP contribution in [0.15, 0.2) is 24.3 Å². The van der Waals surface area contributed by atoms with E-state index in [1.54, 1.807) is 58.9 Å². The molecule has 0 aliphatic rings. The quantitative estimate of drug-likeness (QED) is 0.491. The van der Waals surface area contributed by atoms with Crippen molar-refractivity contribution in [1.29, 1.82) is 0 Å². The fourth-order valence-corrected chi connectivity index (χ4v) is 2.43. The summed E-state index contributed by atoms with van der Waals surface area (Å²) in [5.41, 5.74) is 5.42. The van der Waals surface area contributed by atoms with E-state index in [2.05, 4.69) is 16.0 Å². The third kappa shape index (κ3) is 9.83. The number of benzene rings is 1. The van der Waals surface area contributed by atoms with Crippen LogP contribution >= 0.6 is 0 Å². The van der Waals surface area contributed by atoms with E-state index in [9.17, 15) is 19.2 Å². The van der Waals surface area contributed by atoms with Gasteiger partial charge in [-0.2, -0.15) is 0 Å². The van der Waals surface area contributed by atoms with Crippen LogP contribution in [0.5, 0.6) is 0 Å². The summed E-state index contributed by atoms with van der Waals surface area (Å²) in [7, 11) is 0. The lowest BCUT2D eigenvalue weighted by molar-refractivity contribution is -0.128. The predicted molar refractivity (Wildman–Crippen MR) is 115 cm³/mol. The number of carbonyl (C=O) groups is 4. The highest BCUT2D eigenvalue weighted by molar-refractivity contribution is 5.98. The molecule has 172 valence electrons. The van der Waals surface area contributed by atoms with Crippen LogP contribution in [0, 0.1) is 5.92 Å². The van der Waals surface area contributed by atoms with Crippen LogP contribution in [-0.4, -0.2) is 41.7 Å². The summed E-state index contributed by atoms with van der Waals surface area (Å²) in [5.74, 6) is -1.16. The Hall–Kier alpha value is -3.30. The van der Waals surface area contributed by atoms with E-state index in [1.807, 2.05) is 0 Å². The molecule has 1 rings (SSSR count). The van der Waals surface area contributed by atoms with E-state index < -0.39 is 41.7 Å². The van der Waals surface area contributed by atoms with Gasteiger partial charge < -0.3 is 31.2 Å². The second-order valence-corrected chi connectivity index (χ2v) is 8.39. The number of carbonyl (C=O) groups excluding carboxylic acids is 4. The number of anilines is 1. The van der Waals surface area contributed by atoms with E-state index in [0.717, 1.165) is 0 Å². The summed E-state index contributed by atoms with van der Waals surface area (Å²) in [5, 5.41) is 7.83. The first kappa shape index (κ1) is 25.7. The Balaban J connectivity index is 2.65. The van der Waals surface area contributed by atoms with Crippen LogP contribution in [0.4, 0.5) is 15.3 Å². The molecule has 4 amide bonds. The van der Waals surface area contributed by atoms with Crippen LogP contribution in [0.1, 0.15) is 47.1 Å². The molecule has 0 bridgehead atoms. The monoisotopic (exact) mass is 436 g/mol. The third-order valence-electron chi connectivity index (χ3n) is 3.98. The normalized spacial score (nSPS) is 13.0. The molecule has 31 heavy (non-hydrogen) atoms. The smallest absolute Gasteiger partial charge is 0.408 e. The van der Waals surface area contributed by atoms with Gasteiger partial charge in [0.2, 0.25) is 11.8 Å². The first-order valence-corrected chi connectivity index (χ1v) is 9.90. The number of ether oxygens (including phenoxy) is 2. The molecule has 10 heteroatoms. The molecule has 10 nitrogen and oxygen atoms in total. The Morgan fingerprint density at radius 3 is 2.03 bits per heavy atom. The van der Waals surface area contributed by atoms with Crippen LogP contribution in [0.25, 0.3) is 0 Å². The highest BCUT2D eigenvalue weighted by Gasteiger charge is 2.28. The molecular formula is C21H32N4O6.